The molecule has 0 aromatic carbocycles. The van der Waals surface area contributed by atoms with E-state index in [1.54, 1.807) is 0 Å². The van der Waals surface area contributed by atoms with Crippen LogP contribution in [0.1, 0.15) is 65.2 Å². The molecule has 0 saturated heterocycles. The molecule has 4 unspecified atom stereocenters. The zero-order valence-electron chi connectivity index (χ0n) is 16.1. The molecule has 4 saturated carbocycles. The summed E-state index contributed by atoms with van der Waals surface area (Å²) in [5.41, 5.74) is -2.04. The topological polar surface area (TPSA) is 101 Å². The summed E-state index contributed by atoms with van der Waals surface area (Å²) in [5.74, 6) is 1.55. The van der Waals surface area contributed by atoms with Crippen LogP contribution in [0.5, 0.6) is 0 Å². The van der Waals surface area contributed by atoms with E-state index in [1.807, 2.05) is 6.92 Å². The van der Waals surface area contributed by atoms with Crippen LogP contribution in [0.4, 0.5) is 0 Å². The van der Waals surface area contributed by atoms with Crippen LogP contribution in [0.3, 0.4) is 0 Å². The Balaban J connectivity index is 1.67. The van der Waals surface area contributed by atoms with Crippen molar-refractivity contribution in [2.75, 3.05) is 6.61 Å². The molecule has 26 heavy (non-hydrogen) atoms. The highest BCUT2D eigenvalue weighted by atomic mass is 16.4. The van der Waals surface area contributed by atoms with E-state index in [4.69, 9.17) is 0 Å². The van der Waals surface area contributed by atoms with Crippen molar-refractivity contribution in [2.24, 2.45) is 34.5 Å². The molecular weight excluding hydrogens is 332 g/mol. The summed E-state index contributed by atoms with van der Waals surface area (Å²) in [6.45, 7) is 3.82. The monoisotopic (exact) mass is 368 g/mol. The maximum atomic E-state index is 11.3. The molecule has 5 nitrogen and oxygen atoms in total. The summed E-state index contributed by atoms with van der Waals surface area (Å²) in [6, 6.07) is 0. The Morgan fingerprint density at radius 3 is 2.38 bits per heavy atom. The molecule has 0 amide bonds. The molecule has 0 radical (unpaired) electrons. The standard InChI is InChI=1S/C21H36O5/c1-19-7-5-13(23)9-12(19)3-4-14-15-6-8-21(26,18(25)11-22)20(15,2)17(24)10-16(14)19/h12-18,22-26H,3-11H2,1-2H3/t12-,13-,14?,15?,16?,17+,18?,19+,20-,21+/m1/s1. The average molecular weight is 369 g/mol. The summed E-state index contributed by atoms with van der Waals surface area (Å²) in [7, 11) is 0. The van der Waals surface area contributed by atoms with E-state index in [9.17, 15) is 25.5 Å². The zero-order chi connectivity index (χ0) is 18.9. The second kappa shape index (κ2) is 6.15. The lowest BCUT2D eigenvalue weighted by molar-refractivity contribution is -0.235. The maximum Gasteiger partial charge on any atom is 0.106 e. The number of aliphatic hydroxyl groups excluding tert-OH is 4. The summed E-state index contributed by atoms with van der Waals surface area (Å²) >= 11 is 0. The molecule has 0 bridgehead atoms. The quantitative estimate of drug-likeness (QED) is 0.508. The van der Waals surface area contributed by atoms with Gasteiger partial charge in [-0.05, 0) is 80.5 Å². The van der Waals surface area contributed by atoms with Crippen LogP contribution in [-0.4, -0.2) is 56.1 Å². The molecule has 10 atom stereocenters. The van der Waals surface area contributed by atoms with Gasteiger partial charge in [-0.15, -0.1) is 0 Å². The fourth-order valence-electron chi connectivity index (χ4n) is 7.96. The molecule has 0 aromatic rings. The highest BCUT2D eigenvalue weighted by Gasteiger charge is 2.69. The Morgan fingerprint density at radius 2 is 1.69 bits per heavy atom. The van der Waals surface area contributed by atoms with Crippen molar-refractivity contribution in [1.29, 1.82) is 0 Å². The molecule has 4 aliphatic rings. The third kappa shape index (κ3) is 2.27. The van der Waals surface area contributed by atoms with Gasteiger partial charge in [0, 0.05) is 5.41 Å². The Bertz CT molecular complexity index is 555. The predicted octanol–water partition coefficient (Wildman–Crippen LogP) is 1.45. The van der Waals surface area contributed by atoms with E-state index in [2.05, 4.69) is 6.92 Å². The number of hydrogen-bond donors (Lipinski definition) is 5. The first kappa shape index (κ1) is 19.1. The second-order valence-electron chi connectivity index (χ2n) is 10.3. The van der Waals surface area contributed by atoms with Crippen LogP contribution in [0, 0.1) is 34.5 Å². The molecule has 4 rings (SSSR count). The molecule has 0 aliphatic heterocycles. The van der Waals surface area contributed by atoms with Gasteiger partial charge in [0.1, 0.15) is 11.7 Å². The molecule has 0 heterocycles. The maximum absolute atomic E-state index is 11.3. The fourth-order valence-corrected chi connectivity index (χ4v) is 7.96. The smallest absolute Gasteiger partial charge is 0.106 e. The minimum absolute atomic E-state index is 0.154. The van der Waals surface area contributed by atoms with Crippen LogP contribution >= 0.6 is 0 Å². The minimum Gasteiger partial charge on any atom is -0.394 e. The summed E-state index contributed by atoms with van der Waals surface area (Å²) < 4.78 is 0. The van der Waals surface area contributed by atoms with Gasteiger partial charge in [-0.25, -0.2) is 0 Å². The van der Waals surface area contributed by atoms with Crippen molar-refractivity contribution < 1.29 is 25.5 Å². The Kier molecular flexibility index (Phi) is 4.52. The van der Waals surface area contributed by atoms with Gasteiger partial charge in [0.2, 0.25) is 0 Å². The van der Waals surface area contributed by atoms with E-state index in [0.717, 1.165) is 38.5 Å². The molecule has 5 heteroatoms. The normalized spacial score (nSPS) is 57.8. The number of hydrogen-bond acceptors (Lipinski definition) is 5. The van der Waals surface area contributed by atoms with E-state index >= 15 is 0 Å². The summed E-state index contributed by atoms with van der Waals surface area (Å²) in [4.78, 5) is 0. The highest BCUT2D eigenvalue weighted by molar-refractivity contribution is 5.18. The molecule has 4 aliphatic carbocycles. The van der Waals surface area contributed by atoms with Crippen molar-refractivity contribution in [2.45, 2.75) is 89.1 Å². The van der Waals surface area contributed by atoms with Gasteiger partial charge in [0.25, 0.3) is 0 Å². The van der Waals surface area contributed by atoms with Crippen molar-refractivity contribution in [1.82, 2.24) is 0 Å². The molecule has 150 valence electrons. The lowest BCUT2D eigenvalue weighted by Gasteiger charge is -2.63. The first-order chi connectivity index (χ1) is 12.2. The molecular formula is C21H36O5. The average Bonchev–Trinajstić information content (AvgIpc) is 2.90. The van der Waals surface area contributed by atoms with Crippen molar-refractivity contribution in [3.05, 3.63) is 0 Å². The Hall–Kier alpha value is -0.200. The van der Waals surface area contributed by atoms with E-state index in [-0.39, 0.29) is 17.4 Å². The van der Waals surface area contributed by atoms with Crippen molar-refractivity contribution in [3.8, 4) is 0 Å². The second-order valence-corrected chi connectivity index (χ2v) is 10.3. The number of rotatable bonds is 2. The Morgan fingerprint density at radius 1 is 0.962 bits per heavy atom. The van der Waals surface area contributed by atoms with Crippen molar-refractivity contribution in [3.63, 3.8) is 0 Å². The molecule has 0 spiro atoms. The summed E-state index contributed by atoms with van der Waals surface area (Å²) in [5, 5.41) is 52.5. The largest absolute Gasteiger partial charge is 0.394 e. The van der Waals surface area contributed by atoms with Gasteiger partial charge in [-0.1, -0.05) is 13.8 Å². The Labute approximate surface area is 156 Å². The van der Waals surface area contributed by atoms with E-state index < -0.39 is 29.8 Å². The fraction of sp³-hybridized carbons (Fsp3) is 1.00. The SMILES string of the molecule is C[C@]12CC[C@@H](O)C[C@H]1CCC1C2C[C@H](O)[C@@]2(C)C1CC[C@]2(O)C(O)CO. The molecule has 0 aromatic heterocycles. The lowest BCUT2D eigenvalue weighted by atomic mass is 9.43. The predicted molar refractivity (Wildman–Crippen MR) is 97.2 cm³/mol. The molecule has 5 N–H and O–H groups in total. The van der Waals surface area contributed by atoms with Gasteiger partial charge in [-0.3, -0.25) is 0 Å². The van der Waals surface area contributed by atoms with Crippen LogP contribution < -0.4 is 0 Å². The third-order valence-corrected chi connectivity index (χ3v) is 9.67. The first-order valence-corrected chi connectivity index (χ1v) is 10.6. The van der Waals surface area contributed by atoms with E-state index in [1.165, 1.54) is 0 Å². The van der Waals surface area contributed by atoms with Gasteiger partial charge >= 0.3 is 0 Å². The van der Waals surface area contributed by atoms with Gasteiger partial charge in [-0.2, -0.15) is 0 Å². The minimum atomic E-state index is -1.42. The van der Waals surface area contributed by atoms with Crippen LogP contribution in [0.2, 0.25) is 0 Å². The highest BCUT2D eigenvalue weighted by Crippen LogP contribution is 2.68. The van der Waals surface area contributed by atoms with Crippen molar-refractivity contribution >= 4 is 0 Å². The lowest BCUT2D eigenvalue weighted by Crippen LogP contribution is -2.65. The van der Waals surface area contributed by atoms with Crippen LogP contribution in [0.15, 0.2) is 0 Å². The van der Waals surface area contributed by atoms with Crippen LogP contribution in [-0.2, 0) is 0 Å². The number of fused-ring (bicyclic) bond motifs is 5. The number of aliphatic hydroxyl groups is 5. The summed E-state index contributed by atoms with van der Waals surface area (Å²) in [6.07, 6.45) is 4.76. The zero-order valence-corrected chi connectivity index (χ0v) is 16.1. The van der Waals surface area contributed by atoms with Gasteiger partial charge < -0.3 is 25.5 Å². The van der Waals surface area contributed by atoms with Gasteiger partial charge in [0.05, 0.1) is 18.8 Å². The van der Waals surface area contributed by atoms with E-state index in [0.29, 0.717) is 30.6 Å². The molecule has 4 fully saturated rings. The van der Waals surface area contributed by atoms with Gasteiger partial charge in [0.15, 0.2) is 0 Å². The third-order valence-electron chi connectivity index (χ3n) is 9.67. The first-order valence-electron chi connectivity index (χ1n) is 10.6. The van der Waals surface area contributed by atoms with Crippen LogP contribution in [0.25, 0.3) is 0 Å².